The number of hydrogen-bond acceptors (Lipinski definition) is 5. The fourth-order valence-corrected chi connectivity index (χ4v) is 1.84. The zero-order valence-corrected chi connectivity index (χ0v) is 11.5. The van der Waals surface area contributed by atoms with Gasteiger partial charge in [-0.05, 0) is 18.0 Å². The molecule has 0 spiro atoms. The molecule has 0 aromatic carbocycles. The maximum absolute atomic E-state index is 11.8. The standard InChI is InChI=1S/C12H21N3O3/c1-7(2)10(16)12(4,5)6-13-11(17)9-8(3)14-18-15-9/h7,10,16H,6H2,1-5H3,(H,13,17). The van der Waals surface area contributed by atoms with Gasteiger partial charge in [-0.25, -0.2) is 4.63 Å². The van der Waals surface area contributed by atoms with Gasteiger partial charge in [-0.2, -0.15) is 0 Å². The van der Waals surface area contributed by atoms with Crippen molar-refractivity contribution in [1.29, 1.82) is 0 Å². The molecule has 102 valence electrons. The number of aliphatic hydroxyl groups excluding tert-OH is 1. The molecular weight excluding hydrogens is 234 g/mol. The third kappa shape index (κ3) is 3.29. The van der Waals surface area contributed by atoms with E-state index >= 15 is 0 Å². The van der Waals surface area contributed by atoms with E-state index in [0.717, 1.165) is 0 Å². The van der Waals surface area contributed by atoms with Gasteiger partial charge in [0.2, 0.25) is 0 Å². The van der Waals surface area contributed by atoms with Gasteiger partial charge in [-0.3, -0.25) is 4.79 Å². The van der Waals surface area contributed by atoms with E-state index in [9.17, 15) is 9.90 Å². The minimum Gasteiger partial charge on any atom is -0.392 e. The molecule has 1 aromatic rings. The molecule has 0 fully saturated rings. The lowest BCUT2D eigenvalue weighted by molar-refractivity contribution is 0.0137. The van der Waals surface area contributed by atoms with E-state index in [-0.39, 0.29) is 17.5 Å². The molecule has 6 nitrogen and oxygen atoms in total. The molecule has 18 heavy (non-hydrogen) atoms. The average molecular weight is 255 g/mol. The van der Waals surface area contributed by atoms with Gasteiger partial charge in [0.1, 0.15) is 5.69 Å². The Balaban J connectivity index is 2.60. The first-order valence-electron chi connectivity index (χ1n) is 6.01. The smallest absolute Gasteiger partial charge is 0.275 e. The summed E-state index contributed by atoms with van der Waals surface area (Å²) in [6.07, 6.45) is -0.491. The lowest BCUT2D eigenvalue weighted by atomic mass is 9.80. The molecule has 0 aliphatic carbocycles. The predicted molar refractivity (Wildman–Crippen MR) is 66.0 cm³/mol. The Morgan fingerprint density at radius 3 is 2.50 bits per heavy atom. The average Bonchev–Trinajstić information content (AvgIpc) is 2.71. The number of carbonyl (C=O) groups excluding carboxylic acids is 1. The van der Waals surface area contributed by atoms with E-state index in [0.29, 0.717) is 12.2 Å². The first-order chi connectivity index (χ1) is 8.25. The van der Waals surface area contributed by atoms with Crippen molar-refractivity contribution in [3.05, 3.63) is 11.4 Å². The summed E-state index contributed by atoms with van der Waals surface area (Å²) in [7, 11) is 0. The second-order valence-electron chi connectivity index (χ2n) is 5.56. The van der Waals surface area contributed by atoms with Crippen LogP contribution in [-0.2, 0) is 0 Å². The van der Waals surface area contributed by atoms with Crippen LogP contribution in [0.15, 0.2) is 4.63 Å². The van der Waals surface area contributed by atoms with E-state index in [1.54, 1.807) is 6.92 Å². The zero-order chi connectivity index (χ0) is 13.9. The maximum Gasteiger partial charge on any atom is 0.275 e. The molecule has 0 saturated heterocycles. The summed E-state index contributed by atoms with van der Waals surface area (Å²) in [6, 6.07) is 0. The molecule has 0 aliphatic rings. The van der Waals surface area contributed by atoms with Crippen LogP contribution in [0.1, 0.15) is 43.9 Å². The number of nitrogens with zero attached hydrogens (tertiary/aromatic N) is 2. The Morgan fingerprint density at radius 2 is 2.06 bits per heavy atom. The van der Waals surface area contributed by atoms with Gasteiger partial charge in [-0.15, -0.1) is 0 Å². The molecule has 0 radical (unpaired) electrons. The first-order valence-corrected chi connectivity index (χ1v) is 6.01. The lowest BCUT2D eigenvalue weighted by Gasteiger charge is -2.33. The van der Waals surface area contributed by atoms with Crippen molar-refractivity contribution in [3.63, 3.8) is 0 Å². The van der Waals surface area contributed by atoms with Crippen molar-refractivity contribution in [2.24, 2.45) is 11.3 Å². The van der Waals surface area contributed by atoms with E-state index in [4.69, 9.17) is 0 Å². The summed E-state index contributed by atoms with van der Waals surface area (Å²) in [5.74, 6) is -0.204. The van der Waals surface area contributed by atoms with Gasteiger partial charge in [-0.1, -0.05) is 32.9 Å². The molecule has 0 saturated carbocycles. The number of aryl methyl sites for hydroxylation is 1. The number of rotatable bonds is 5. The molecule has 0 bridgehead atoms. The van der Waals surface area contributed by atoms with Crippen LogP contribution in [-0.4, -0.2) is 34.0 Å². The minimum atomic E-state index is -0.491. The monoisotopic (exact) mass is 255 g/mol. The third-order valence-corrected chi connectivity index (χ3v) is 3.00. The summed E-state index contributed by atoms with van der Waals surface area (Å²) in [4.78, 5) is 11.8. The van der Waals surface area contributed by atoms with Crippen LogP contribution < -0.4 is 5.32 Å². The van der Waals surface area contributed by atoms with Gasteiger partial charge >= 0.3 is 0 Å². The summed E-state index contributed by atoms with van der Waals surface area (Å²) in [5.41, 5.74) is 0.231. The van der Waals surface area contributed by atoms with Crippen LogP contribution in [0, 0.1) is 18.3 Å². The molecule has 1 atom stereocenters. The predicted octanol–water partition coefficient (Wildman–Crippen LogP) is 1.15. The van der Waals surface area contributed by atoms with Gasteiger partial charge in [0.05, 0.1) is 6.10 Å². The highest BCUT2D eigenvalue weighted by molar-refractivity contribution is 5.92. The molecule has 2 N–H and O–H groups in total. The van der Waals surface area contributed by atoms with Gasteiger partial charge in [0, 0.05) is 12.0 Å². The molecule has 1 aromatic heterocycles. The highest BCUT2D eigenvalue weighted by atomic mass is 16.6. The molecule has 1 unspecified atom stereocenters. The summed E-state index contributed by atoms with van der Waals surface area (Å²) in [5, 5.41) is 19.9. The van der Waals surface area contributed by atoms with Crippen molar-refractivity contribution in [2.45, 2.75) is 40.7 Å². The number of nitrogens with one attached hydrogen (secondary N) is 1. The topological polar surface area (TPSA) is 88.2 Å². The number of aliphatic hydroxyl groups is 1. The fraction of sp³-hybridized carbons (Fsp3) is 0.750. The van der Waals surface area contributed by atoms with Crippen molar-refractivity contribution >= 4 is 5.91 Å². The van der Waals surface area contributed by atoms with Crippen LogP contribution in [0.3, 0.4) is 0 Å². The van der Waals surface area contributed by atoms with Crippen molar-refractivity contribution in [2.75, 3.05) is 6.54 Å². The van der Waals surface area contributed by atoms with E-state index in [1.807, 2.05) is 27.7 Å². The molecule has 6 heteroatoms. The molecular formula is C12H21N3O3. The second kappa shape index (κ2) is 5.48. The Kier molecular flexibility index (Phi) is 4.45. The Labute approximate surface area is 107 Å². The SMILES string of the molecule is Cc1nonc1C(=O)NCC(C)(C)C(O)C(C)C. The molecule has 1 rings (SSSR count). The number of amides is 1. The lowest BCUT2D eigenvalue weighted by Crippen LogP contribution is -2.43. The largest absolute Gasteiger partial charge is 0.392 e. The highest BCUT2D eigenvalue weighted by Crippen LogP contribution is 2.25. The normalized spacial score (nSPS) is 13.7. The van der Waals surface area contributed by atoms with E-state index < -0.39 is 11.5 Å². The quantitative estimate of drug-likeness (QED) is 0.824. The molecule has 1 amide bonds. The van der Waals surface area contributed by atoms with Gasteiger partial charge < -0.3 is 10.4 Å². The highest BCUT2D eigenvalue weighted by Gasteiger charge is 2.31. The van der Waals surface area contributed by atoms with Crippen LogP contribution in [0.4, 0.5) is 0 Å². The van der Waals surface area contributed by atoms with E-state index in [1.165, 1.54) is 0 Å². The third-order valence-electron chi connectivity index (χ3n) is 3.00. The summed E-state index contributed by atoms with van der Waals surface area (Å²) in [6.45, 7) is 9.72. The Bertz CT molecular complexity index is 412. The zero-order valence-electron chi connectivity index (χ0n) is 11.5. The molecule has 0 aliphatic heterocycles. The molecule has 1 heterocycles. The van der Waals surface area contributed by atoms with Crippen molar-refractivity contribution in [3.8, 4) is 0 Å². The fourth-order valence-electron chi connectivity index (χ4n) is 1.84. The summed E-state index contributed by atoms with van der Waals surface area (Å²) >= 11 is 0. The summed E-state index contributed by atoms with van der Waals surface area (Å²) < 4.78 is 4.47. The maximum atomic E-state index is 11.8. The van der Waals surface area contributed by atoms with E-state index in [2.05, 4.69) is 20.3 Å². The van der Waals surface area contributed by atoms with Crippen LogP contribution in [0.2, 0.25) is 0 Å². The van der Waals surface area contributed by atoms with Gasteiger partial charge in [0.25, 0.3) is 5.91 Å². The first kappa shape index (κ1) is 14.6. The number of aromatic nitrogens is 2. The van der Waals surface area contributed by atoms with Crippen molar-refractivity contribution < 1.29 is 14.5 Å². The second-order valence-corrected chi connectivity index (χ2v) is 5.56. The number of carbonyl (C=O) groups is 1. The van der Waals surface area contributed by atoms with Crippen LogP contribution in [0.25, 0.3) is 0 Å². The van der Waals surface area contributed by atoms with Crippen LogP contribution in [0.5, 0.6) is 0 Å². The Hall–Kier alpha value is -1.43. The van der Waals surface area contributed by atoms with Crippen molar-refractivity contribution in [1.82, 2.24) is 15.6 Å². The Morgan fingerprint density at radius 1 is 1.44 bits per heavy atom. The minimum absolute atomic E-state index is 0.132. The number of hydrogen-bond donors (Lipinski definition) is 2. The van der Waals surface area contributed by atoms with Crippen LogP contribution >= 0.6 is 0 Å². The van der Waals surface area contributed by atoms with Gasteiger partial charge in [0.15, 0.2) is 5.69 Å².